The molecule has 2 unspecified atom stereocenters. The molecule has 0 bridgehead atoms. The van der Waals surface area contributed by atoms with Gasteiger partial charge < -0.3 is 10.6 Å². The third kappa shape index (κ3) is 3.77. The zero-order valence-electron chi connectivity index (χ0n) is 11.5. The van der Waals surface area contributed by atoms with E-state index in [2.05, 4.69) is 17.6 Å². The number of rotatable bonds is 3. The van der Waals surface area contributed by atoms with Crippen molar-refractivity contribution in [2.75, 3.05) is 11.9 Å². The maximum absolute atomic E-state index is 13.6. The van der Waals surface area contributed by atoms with Gasteiger partial charge in [-0.2, -0.15) is 0 Å². The Morgan fingerprint density at radius 2 is 2.32 bits per heavy atom. The predicted octanol–water partition coefficient (Wildman–Crippen LogP) is 2.85. The minimum atomic E-state index is -0.377. The zero-order chi connectivity index (χ0) is 13.8. The van der Waals surface area contributed by atoms with Crippen molar-refractivity contribution in [2.45, 2.75) is 39.2 Å². The normalized spacial score (nSPS) is 23.1. The van der Waals surface area contributed by atoms with Crippen molar-refractivity contribution >= 4 is 11.6 Å². The van der Waals surface area contributed by atoms with Gasteiger partial charge in [-0.25, -0.2) is 4.39 Å². The summed E-state index contributed by atoms with van der Waals surface area (Å²) in [5.41, 5.74) is 1.11. The summed E-state index contributed by atoms with van der Waals surface area (Å²) in [7, 11) is 0. The molecule has 4 heteroatoms. The van der Waals surface area contributed by atoms with E-state index in [1.54, 1.807) is 12.1 Å². The molecular formula is C15H21FN2O. The van der Waals surface area contributed by atoms with Crippen LogP contribution in [-0.4, -0.2) is 18.5 Å². The highest BCUT2D eigenvalue weighted by atomic mass is 19.1. The van der Waals surface area contributed by atoms with Gasteiger partial charge in [0.25, 0.3) is 0 Å². The second-order valence-electron chi connectivity index (χ2n) is 5.42. The Morgan fingerprint density at radius 1 is 1.53 bits per heavy atom. The third-order valence-electron chi connectivity index (χ3n) is 3.73. The van der Waals surface area contributed by atoms with Crippen LogP contribution in [0.1, 0.15) is 31.7 Å². The molecule has 2 atom stereocenters. The van der Waals surface area contributed by atoms with E-state index in [1.807, 2.05) is 6.92 Å². The Labute approximate surface area is 113 Å². The van der Waals surface area contributed by atoms with Gasteiger partial charge in [0.15, 0.2) is 0 Å². The van der Waals surface area contributed by atoms with Gasteiger partial charge in [0.2, 0.25) is 5.91 Å². The Kier molecular flexibility index (Phi) is 4.53. The number of hydrogen-bond acceptors (Lipinski definition) is 2. The van der Waals surface area contributed by atoms with Crippen LogP contribution < -0.4 is 10.6 Å². The number of nitrogens with one attached hydrogen (secondary N) is 2. The minimum Gasteiger partial charge on any atom is -0.324 e. The highest BCUT2D eigenvalue weighted by Gasteiger charge is 2.23. The number of halogens is 1. The highest BCUT2D eigenvalue weighted by Crippen LogP contribution is 2.20. The fourth-order valence-electron chi connectivity index (χ4n) is 2.51. The number of carbonyl (C=O) groups is 1. The number of aryl methyl sites for hydroxylation is 1. The Bertz CT molecular complexity index is 461. The van der Waals surface area contributed by atoms with Crippen LogP contribution >= 0.6 is 0 Å². The smallest absolute Gasteiger partial charge is 0.226 e. The SMILES string of the molecule is Cc1ccc(NC(=O)CC2NCCCC2C)c(F)c1. The summed E-state index contributed by atoms with van der Waals surface area (Å²) in [4.78, 5) is 11.9. The lowest BCUT2D eigenvalue weighted by Gasteiger charge is -2.29. The highest BCUT2D eigenvalue weighted by molar-refractivity contribution is 5.91. The Hall–Kier alpha value is -1.42. The summed E-state index contributed by atoms with van der Waals surface area (Å²) in [6, 6.07) is 5.03. The summed E-state index contributed by atoms with van der Waals surface area (Å²) < 4.78 is 13.6. The first-order valence-corrected chi connectivity index (χ1v) is 6.85. The van der Waals surface area contributed by atoms with E-state index < -0.39 is 0 Å². The quantitative estimate of drug-likeness (QED) is 0.881. The summed E-state index contributed by atoms with van der Waals surface area (Å²) in [6.45, 7) is 4.93. The van der Waals surface area contributed by atoms with E-state index in [0.717, 1.165) is 24.9 Å². The van der Waals surface area contributed by atoms with Crippen LogP contribution in [0.25, 0.3) is 0 Å². The first-order chi connectivity index (χ1) is 9.06. The first kappa shape index (κ1) is 14.0. The third-order valence-corrected chi connectivity index (χ3v) is 3.73. The van der Waals surface area contributed by atoms with E-state index in [9.17, 15) is 9.18 Å². The summed E-state index contributed by atoms with van der Waals surface area (Å²) in [5, 5.41) is 6.01. The van der Waals surface area contributed by atoms with Gasteiger partial charge in [-0.15, -0.1) is 0 Å². The van der Waals surface area contributed by atoms with Crippen LogP contribution in [0.3, 0.4) is 0 Å². The molecule has 104 valence electrons. The molecule has 1 aliphatic rings. The van der Waals surface area contributed by atoms with Crippen LogP contribution in [0.2, 0.25) is 0 Å². The second kappa shape index (κ2) is 6.15. The van der Waals surface area contributed by atoms with Crippen molar-refractivity contribution in [3.05, 3.63) is 29.6 Å². The molecule has 1 aliphatic heterocycles. The molecule has 3 nitrogen and oxygen atoms in total. The van der Waals surface area contributed by atoms with Crippen LogP contribution in [0.4, 0.5) is 10.1 Å². The lowest BCUT2D eigenvalue weighted by atomic mass is 9.90. The molecule has 0 aromatic heterocycles. The van der Waals surface area contributed by atoms with Crippen LogP contribution in [0.15, 0.2) is 18.2 Å². The van der Waals surface area contributed by atoms with Crippen molar-refractivity contribution in [1.82, 2.24) is 5.32 Å². The maximum Gasteiger partial charge on any atom is 0.226 e. The fourth-order valence-corrected chi connectivity index (χ4v) is 2.51. The average molecular weight is 264 g/mol. The van der Waals surface area contributed by atoms with Gasteiger partial charge >= 0.3 is 0 Å². The predicted molar refractivity (Wildman–Crippen MR) is 74.6 cm³/mol. The molecule has 2 N–H and O–H groups in total. The number of benzene rings is 1. The minimum absolute atomic E-state index is 0.131. The van der Waals surface area contributed by atoms with E-state index >= 15 is 0 Å². The summed E-state index contributed by atoms with van der Waals surface area (Å²) >= 11 is 0. The van der Waals surface area contributed by atoms with Gasteiger partial charge in [-0.05, 0) is 49.9 Å². The van der Waals surface area contributed by atoms with E-state index in [0.29, 0.717) is 12.3 Å². The van der Waals surface area contributed by atoms with E-state index in [1.165, 1.54) is 6.07 Å². The van der Waals surface area contributed by atoms with E-state index in [-0.39, 0.29) is 23.5 Å². The largest absolute Gasteiger partial charge is 0.324 e. The molecule has 1 heterocycles. The molecule has 19 heavy (non-hydrogen) atoms. The van der Waals surface area contributed by atoms with Crippen molar-refractivity contribution < 1.29 is 9.18 Å². The lowest BCUT2D eigenvalue weighted by Crippen LogP contribution is -2.42. The molecule has 0 spiro atoms. The molecular weight excluding hydrogens is 243 g/mol. The molecule has 0 radical (unpaired) electrons. The molecule has 2 rings (SSSR count). The van der Waals surface area contributed by atoms with Crippen LogP contribution in [0.5, 0.6) is 0 Å². The standard InChI is InChI=1S/C15H21FN2O/c1-10-5-6-13(12(16)8-10)18-15(19)9-14-11(2)4-3-7-17-14/h5-6,8,11,14,17H,3-4,7,9H2,1-2H3,(H,18,19). The molecule has 1 fully saturated rings. The topological polar surface area (TPSA) is 41.1 Å². The molecule has 1 amide bonds. The summed E-state index contributed by atoms with van der Waals surface area (Å²) in [5.74, 6) is -0.0191. The van der Waals surface area contributed by atoms with Gasteiger partial charge in [0, 0.05) is 12.5 Å². The lowest BCUT2D eigenvalue weighted by molar-refractivity contribution is -0.117. The molecule has 1 aromatic carbocycles. The second-order valence-corrected chi connectivity index (χ2v) is 5.42. The van der Waals surface area contributed by atoms with Gasteiger partial charge in [0.1, 0.15) is 5.82 Å². The van der Waals surface area contributed by atoms with Gasteiger partial charge in [-0.1, -0.05) is 13.0 Å². The number of anilines is 1. The zero-order valence-corrected chi connectivity index (χ0v) is 11.5. The van der Waals surface area contributed by atoms with Gasteiger partial charge in [-0.3, -0.25) is 4.79 Å². The maximum atomic E-state index is 13.6. The fraction of sp³-hybridized carbons (Fsp3) is 0.533. The van der Waals surface area contributed by atoms with Crippen LogP contribution in [0, 0.1) is 18.7 Å². The molecule has 0 saturated carbocycles. The Morgan fingerprint density at radius 3 is 3.00 bits per heavy atom. The van der Waals surface area contributed by atoms with Crippen LogP contribution in [-0.2, 0) is 4.79 Å². The first-order valence-electron chi connectivity index (χ1n) is 6.85. The molecule has 0 aliphatic carbocycles. The number of piperidine rings is 1. The molecule has 1 aromatic rings. The average Bonchev–Trinajstić information content (AvgIpc) is 2.36. The number of carbonyl (C=O) groups excluding carboxylic acids is 1. The van der Waals surface area contributed by atoms with Gasteiger partial charge in [0.05, 0.1) is 5.69 Å². The monoisotopic (exact) mass is 264 g/mol. The van der Waals surface area contributed by atoms with E-state index in [4.69, 9.17) is 0 Å². The summed E-state index contributed by atoms with van der Waals surface area (Å²) in [6.07, 6.45) is 2.70. The van der Waals surface area contributed by atoms with Crippen molar-refractivity contribution in [1.29, 1.82) is 0 Å². The Balaban J connectivity index is 1.93. The van der Waals surface area contributed by atoms with Crippen molar-refractivity contribution in [3.63, 3.8) is 0 Å². The number of amides is 1. The van der Waals surface area contributed by atoms with Crippen molar-refractivity contribution in [3.8, 4) is 0 Å². The number of hydrogen-bond donors (Lipinski definition) is 2. The molecule has 1 saturated heterocycles. The van der Waals surface area contributed by atoms with Crippen molar-refractivity contribution in [2.24, 2.45) is 5.92 Å².